The van der Waals surface area contributed by atoms with Crippen molar-refractivity contribution in [2.75, 3.05) is 39.4 Å². The third-order valence-corrected chi connectivity index (χ3v) is 13.5. The molecule has 0 unspecified atom stereocenters. The minimum Gasteiger partial charge on any atom is -0.480 e. The Bertz CT molecular complexity index is 2150. The van der Waals surface area contributed by atoms with Crippen molar-refractivity contribution < 1.29 is 55.6 Å². The number of carbonyl (C=O) groups is 2. The molecule has 2 saturated heterocycles. The van der Waals surface area contributed by atoms with Crippen LogP contribution in [-0.2, 0) is 69.9 Å². The maximum Gasteiger partial charge on any atom is 0.416 e. The second-order valence-corrected chi connectivity index (χ2v) is 18.3. The smallest absolute Gasteiger partial charge is 0.416 e. The molecule has 2 N–H and O–H groups in total. The number of pyridine rings is 2. The van der Waals surface area contributed by atoms with E-state index in [0.29, 0.717) is 52.2 Å². The third-order valence-electron chi connectivity index (χ3n) is 13.5. The lowest BCUT2D eigenvalue weighted by Crippen LogP contribution is -2.34. The molecule has 4 heterocycles. The number of nitrogens with zero attached hydrogens (tertiary/aromatic N) is 4. The Hall–Kier alpha value is -4.90. The van der Waals surface area contributed by atoms with Gasteiger partial charge in [-0.15, -0.1) is 0 Å². The highest BCUT2D eigenvalue weighted by molar-refractivity contribution is 5.77. The summed E-state index contributed by atoms with van der Waals surface area (Å²) in [5, 5.41) is 19.5. The van der Waals surface area contributed by atoms with Crippen LogP contribution in [0, 0.1) is 0 Å². The molecule has 0 amide bonds. The van der Waals surface area contributed by atoms with Crippen molar-refractivity contribution in [1.29, 1.82) is 0 Å². The predicted octanol–water partition coefficient (Wildman–Crippen LogP) is 10.4. The summed E-state index contributed by atoms with van der Waals surface area (Å²) < 4.78 is 92.5. The summed E-state index contributed by atoms with van der Waals surface area (Å²) in [7, 11) is 0. The number of hydrogen-bond donors (Lipinski definition) is 2. The number of carboxylic acids is 2. The highest BCUT2D eigenvalue weighted by Crippen LogP contribution is 2.39. The van der Waals surface area contributed by atoms with Crippen LogP contribution < -0.4 is 0 Å². The molecule has 2 aliphatic carbocycles. The molecule has 2 aromatic heterocycles. The Morgan fingerprint density at radius 2 is 0.971 bits per heavy atom. The molecule has 2 fully saturated rings. The van der Waals surface area contributed by atoms with Crippen molar-refractivity contribution in [2.45, 2.75) is 139 Å². The second-order valence-electron chi connectivity index (χ2n) is 18.3. The van der Waals surface area contributed by atoms with Gasteiger partial charge in [0, 0.05) is 62.2 Å². The highest BCUT2D eigenvalue weighted by Gasteiger charge is 2.42. The minimum absolute atomic E-state index is 0.179. The lowest BCUT2D eigenvalue weighted by Gasteiger charge is -2.27. The van der Waals surface area contributed by atoms with E-state index in [1.165, 1.54) is 84.6 Å². The van der Waals surface area contributed by atoms with Crippen molar-refractivity contribution in [3.63, 3.8) is 0 Å². The number of aryl methyl sites for hydroxylation is 6. The standard InChI is InChI=1S/2C26H31F3N2O3/c2*27-26(28,29)22-10-3-2-9-21(22)24(25(32)33)31-15-14-20(17-31)34-16-6-5-8-19-13-12-18-7-1-4-11-23(18)30-19/h2*2-3,9-10,12-13,20,24H,1,4-8,11,14-17H2,(H,32,33)/t20-,24+;20-,24-/m11/s1. The number of unbranched alkanes of at least 4 members (excludes halogenated alkanes) is 2. The number of halogens is 6. The molecule has 2 aliphatic heterocycles. The summed E-state index contributed by atoms with van der Waals surface area (Å²) in [4.78, 5) is 36.6. The zero-order valence-corrected chi connectivity index (χ0v) is 38.4. The van der Waals surface area contributed by atoms with Crippen LogP contribution in [-0.4, -0.2) is 93.5 Å². The number of benzene rings is 2. The fourth-order valence-electron chi connectivity index (χ4n) is 10.1. The number of carboxylic acid groups (broad SMARTS) is 2. The first-order valence-electron chi connectivity index (χ1n) is 24.1. The second kappa shape index (κ2) is 23.6. The van der Waals surface area contributed by atoms with Crippen molar-refractivity contribution in [3.8, 4) is 0 Å². The van der Waals surface area contributed by atoms with Crippen LogP contribution in [0.15, 0.2) is 72.8 Å². The first-order chi connectivity index (χ1) is 32.7. The summed E-state index contributed by atoms with van der Waals surface area (Å²) in [6, 6.07) is 15.8. The maximum absolute atomic E-state index is 13.4. The van der Waals surface area contributed by atoms with Crippen LogP contribution in [0.5, 0.6) is 0 Å². The Morgan fingerprint density at radius 1 is 0.574 bits per heavy atom. The number of hydrogen-bond acceptors (Lipinski definition) is 8. The zero-order chi connectivity index (χ0) is 48.3. The average molecular weight is 953 g/mol. The molecular weight excluding hydrogens is 891 g/mol. The summed E-state index contributed by atoms with van der Waals surface area (Å²) in [6.45, 7) is 2.45. The van der Waals surface area contributed by atoms with Gasteiger partial charge in [-0.25, -0.2) is 0 Å². The fraction of sp³-hybridized carbons (Fsp3) is 0.538. The van der Waals surface area contributed by atoms with Gasteiger partial charge in [0.2, 0.25) is 0 Å². The third kappa shape index (κ3) is 13.7. The molecule has 8 rings (SSSR count). The summed E-state index contributed by atoms with van der Waals surface area (Å²) in [5.74, 6) is -2.57. The number of rotatable bonds is 18. The molecule has 0 saturated carbocycles. The van der Waals surface area contributed by atoms with E-state index >= 15 is 0 Å². The van der Waals surface area contributed by atoms with Gasteiger partial charge in [0.05, 0.1) is 23.3 Å². The van der Waals surface area contributed by atoms with Crippen molar-refractivity contribution in [2.24, 2.45) is 0 Å². The Labute approximate surface area is 394 Å². The summed E-state index contributed by atoms with van der Waals surface area (Å²) in [5.41, 5.74) is 5.22. The Kier molecular flexibility index (Phi) is 17.7. The molecule has 2 aromatic carbocycles. The van der Waals surface area contributed by atoms with Gasteiger partial charge in [0.25, 0.3) is 0 Å². The van der Waals surface area contributed by atoms with Crippen LogP contribution in [0.1, 0.15) is 132 Å². The van der Waals surface area contributed by atoms with E-state index in [2.05, 4.69) is 24.3 Å². The molecule has 4 atom stereocenters. The SMILES string of the molecule is O=C(O)[C@@H](c1ccccc1C(F)(F)F)N1CC[C@@H](OCCCCc2ccc3c(n2)CCCC3)C1.O=C(O)[C@H](c1ccccc1C(F)(F)F)N1CC[C@@H](OCCCCc2ccc3c(n2)CCCC3)C1. The topological polar surface area (TPSA) is 125 Å². The van der Waals surface area contributed by atoms with Gasteiger partial charge in [-0.3, -0.25) is 29.4 Å². The van der Waals surface area contributed by atoms with E-state index in [-0.39, 0.29) is 23.3 Å². The molecule has 4 aromatic rings. The normalized spacial score (nSPS) is 19.7. The molecule has 10 nitrogen and oxygen atoms in total. The molecule has 16 heteroatoms. The number of aliphatic carboxylic acids is 2. The van der Waals surface area contributed by atoms with E-state index in [1.54, 1.807) is 9.80 Å². The highest BCUT2D eigenvalue weighted by atomic mass is 19.4. The average Bonchev–Trinajstić information content (AvgIpc) is 3.98. The van der Waals surface area contributed by atoms with Crippen LogP contribution >= 0.6 is 0 Å². The van der Waals surface area contributed by atoms with Crippen LogP contribution in [0.4, 0.5) is 26.3 Å². The fourth-order valence-corrected chi connectivity index (χ4v) is 10.1. The molecule has 0 radical (unpaired) electrons. The van der Waals surface area contributed by atoms with Crippen molar-refractivity contribution in [3.05, 3.63) is 129 Å². The van der Waals surface area contributed by atoms with E-state index in [4.69, 9.17) is 19.4 Å². The van der Waals surface area contributed by atoms with Crippen molar-refractivity contribution >= 4 is 11.9 Å². The van der Waals surface area contributed by atoms with E-state index in [0.717, 1.165) is 87.7 Å². The number of fused-ring (bicyclic) bond motifs is 2. The summed E-state index contributed by atoms with van der Waals surface area (Å²) >= 11 is 0. The largest absolute Gasteiger partial charge is 0.480 e. The number of aromatic nitrogens is 2. The Balaban J connectivity index is 0.000000201. The van der Waals surface area contributed by atoms with Gasteiger partial charge in [0.1, 0.15) is 12.1 Å². The first kappa shape index (κ1) is 51.0. The van der Waals surface area contributed by atoms with Gasteiger partial charge >= 0.3 is 24.3 Å². The Morgan fingerprint density at radius 3 is 1.37 bits per heavy atom. The van der Waals surface area contributed by atoms with E-state index in [9.17, 15) is 46.1 Å². The minimum atomic E-state index is -4.60. The maximum atomic E-state index is 13.4. The predicted molar refractivity (Wildman–Crippen MR) is 243 cm³/mol. The number of ether oxygens (including phenoxy) is 2. The molecule has 0 bridgehead atoms. The lowest BCUT2D eigenvalue weighted by atomic mass is 9.95. The van der Waals surface area contributed by atoms with Gasteiger partial charge in [-0.05, 0) is 149 Å². The van der Waals surface area contributed by atoms with Crippen LogP contribution in [0.3, 0.4) is 0 Å². The van der Waals surface area contributed by atoms with Gasteiger partial charge in [0.15, 0.2) is 0 Å². The summed E-state index contributed by atoms with van der Waals surface area (Å²) in [6.07, 6.45) is 6.30. The first-order valence-corrected chi connectivity index (χ1v) is 24.1. The van der Waals surface area contributed by atoms with Crippen LogP contribution in [0.25, 0.3) is 0 Å². The van der Waals surface area contributed by atoms with Gasteiger partial charge < -0.3 is 19.7 Å². The molecule has 368 valence electrons. The quantitative estimate of drug-likeness (QED) is 0.0736. The van der Waals surface area contributed by atoms with E-state index < -0.39 is 47.5 Å². The lowest BCUT2D eigenvalue weighted by molar-refractivity contribution is -0.147. The van der Waals surface area contributed by atoms with Crippen molar-refractivity contribution in [1.82, 2.24) is 19.8 Å². The van der Waals surface area contributed by atoms with Gasteiger partial charge in [-0.2, -0.15) is 26.3 Å². The monoisotopic (exact) mass is 952 g/mol. The molecule has 68 heavy (non-hydrogen) atoms. The van der Waals surface area contributed by atoms with Gasteiger partial charge in [-0.1, -0.05) is 48.5 Å². The van der Waals surface area contributed by atoms with E-state index in [1.807, 2.05) is 0 Å². The van der Waals surface area contributed by atoms with Crippen LogP contribution in [0.2, 0.25) is 0 Å². The molecular formula is C52H62F6N4O6. The number of likely N-dealkylation sites (tertiary alicyclic amines) is 2. The zero-order valence-electron chi connectivity index (χ0n) is 38.4. The molecule has 0 spiro atoms. The molecule has 4 aliphatic rings. The number of alkyl halides is 6.